The van der Waals surface area contributed by atoms with Crippen LogP contribution in [0.5, 0.6) is 0 Å². The molecule has 2 aromatic rings. The fourth-order valence-corrected chi connectivity index (χ4v) is 9.85. The number of halogens is 3. The van der Waals surface area contributed by atoms with Gasteiger partial charge >= 0.3 is 6.18 Å². The van der Waals surface area contributed by atoms with Gasteiger partial charge in [-0.3, -0.25) is 39.2 Å². The molecule has 4 fully saturated rings. The van der Waals surface area contributed by atoms with Gasteiger partial charge in [0, 0.05) is 42.5 Å². The van der Waals surface area contributed by atoms with E-state index in [2.05, 4.69) is 39.7 Å². The second-order valence-corrected chi connectivity index (χ2v) is 17.1. The fraction of sp³-hybridized carbons (Fsp3) is 0.610. The number of likely N-dealkylation sites (tertiary alicyclic amines) is 1. The van der Waals surface area contributed by atoms with E-state index >= 15 is 0 Å². The van der Waals surface area contributed by atoms with E-state index < -0.39 is 34.5 Å². The number of pyridine rings is 1. The number of ether oxygens (including phenoxy) is 1. The zero-order chi connectivity index (χ0) is 41.9. The lowest BCUT2D eigenvalue weighted by Gasteiger charge is -2.42. The molecule has 4 amide bonds. The summed E-state index contributed by atoms with van der Waals surface area (Å²) in [4.78, 5) is 59.6. The molecule has 1 aromatic heterocycles. The van der Waals surface area contributed by atoms with Crippen molar-refractivity contribution in [3.05, 3.63) is 47.8 Å². The summed E-state index contributed by atoms with van der Waals surface area (Å²) in [5, 5.41) is 17.6. The van der Waals surface area contributed by atoms with Gasteiger partial charge in [-0.25, -0.2) is 4.98 Å². The summed E-state index contributed by atoms with van der Waals surface area (Å²) in [6.07, 6.45) is 4.25. The van der Waals surface area contributed by atoms with Crippen molar-refractivity contribution in [3.8, 4) is 6.07 Å². The number of nitrogens with zero attached hydrogens (tertiary/aromatic N) is 5. The summed E-state index contributed by atoms with van der Waals surface area (Å²) in [5.41, 5.74) is -2.45. The molecular weight excluding hydrogens is 774 g/mol. The number of thiol groups is 1. The molecule has 6 rings (SSSR count). The minimum absolute atomic E-state index is 0.0229. The maximum atomic E-state index is 13.7. The van der Waals surface area contributed by atoms with E-state index in [9.17, 15) is 32.3 Å². The molecule has 3 aliphatic heterocycles. The minimum atomic E-state index is -4.80. The number of carbonyl (C=O) groups excluding carboxylic acids is 4. The van der Waals surface area contributed by atoms with Crippen molar-refractivity contribution in [2.45, 2.75) is 139 Å². The predicted molar refractivity (Wildman–Crippen MR) is 215 cm³/mol. The lowest BCUT2D eigenvalue weighted by molar-refractivity contribution is -0.138. The molecule has 0 bridgehead atoms. The maximum absolute atomic E-state index is 13.7. The Morgan fingerprint density at radius 1 is 1.07 bits per heavy atom. The second-order valence-electron chi connectivity index (χ2n) is 16.6. The molecule has 5 atom stereocenters. The van der Waals surface area contributed by atoms with Crippen LogP contribution in [0.25, 0.3) is 0 Å². The molecule has 1 saturated carbocycles. The number of carbonyl (C=O) groups is 4. The number of piperidine rings is 2. The Morgan fingerprint density at radius 2 is 1.76 bits per heavy atom. The number of benzene rings is 1. The van der Waals surface area contributed by atoms with Crippen LogP contribution >= 0.6 is 12.6 Å². The Balaban J connectivity index is 0.918. The number of alkyl halides is 3. The summed E-state index contributed by atoms with van der Waals surface area (Å²) >= 11 is 4.75. The van der Waals surface area contributed by atoms with Crippen molar-refractivity contribution in [2.24, 2.45) is 5.92 Å². The van der Waals surface area contributed by atoms with Gasteiger partial charge in [0.05, 0.1) is 35.6 Å². The fourth-order valence-electron chi connectivity index (χ4n) is 9.14. The summed E-state index contributed by atoms with van der Waals surface area (Å²) in [6.45, 7) is 8.67. The van der Waals surface area contributed by atoms with Crippen LogP contribution < -0.4 is 20.9 Å². The number of amides is 4. The van der Waals surface area contributed by atoms with Gasteiger partial charge in [0.1, 0.15) is 17.6 Å². The first-order valence-electron chi connectivity index (χ1n) is 20.1. The molecule has 4 aliphatic rings. The molecule has 1 aromatic carbocycles. The average Bonchev–Trinajstić information content (AvgIpc) is 3.34. The SMILES string of the molecule is C[C@@H]1CC(OCCCC2CCC(N3C(S)N(c4cnc(C#N)c(C(F)(F)F)c4)C(=O)C3(C)C)CC2)C[C@H](C)N1CC(=O)Nc1cccc(NC2CCC(=O)NC2=O)c1. The molecule has 58 heavy (non-hydrogen) atoms. The van der Waals surface area contributed by atoms with E-state index in [1.54, 1.807) is 32.0 Å². The normalized spacial score (nSPS) is 28.2. The lowest BCUT2D eigenvalue weighted by atomic mass is 9.82. The van der Waals surface area contributed by atoms with Crippen LogP contribution in [-0.4, -0.2) is 92.9 Å². The van der Waals surface area contributed by atoms with Crippen LogP contribution in [0.1, 0.15) is 103 Å². The monoisotopic (exact) mass is 826 g/mol. The average molecular weight is 827 g/mol. The predicted octanol–water partition coefficient (Wildman–Crippen LogP) is 6.07. The number of hydrogen-bond donors (Lipinski definition) is 4. The van der Waals surface area contributed by atoms with Gasteiger partial charge in [0.25, 0.3) is 0 Å². The quantitative estimate of drug-likeness (QED) is 0.113. The van der Waals surface area contributed by atoms with E-state index in [0.29, 0.717) is 30.3 Å². The van der Waals surface area contributed by atoms with Gasteiger partial charge in [0.2, 0.25) is 23.6 Å². The third-order valence-electron chi connectivity index (χ3n) is 12.1. The van der Waals surface area contributed by atoms with Crippen molar-refractivity contribution < 1.29 is 37.1 Å². The zero-order valence-electron chi connectivity index (χ0n) is 33.3. The summed E-state index contributed by atoms with van der Waals surface area (Å²) in [5.74, 6) is -0.628. The molecule has 4 heterocycles. The maximum Gasteiger partial charge on any atom is 0.419 e. The Morgan fingerprint density at radius 3 is 2.41 bits per heavy atom. The highest BCUT2D eigenvalue weighted by atomic mass is 32.1. The highest BCUT2D eigenvalue weighted by Crippen LogP contribution is 2.44. The molecule has 0 spiro atoms. The second kappa shape index (κ2) is 17.9. The highest BCUT2D eigenvalue weighted by molar-refractivity contribution is 7.81. The largest absolute Gasteiger partial charge is 0.419 e. The van der Waals surface area contributed by atoms with E-state index in [1.807, 2.05) is 11.0 Å². The Bertz CT molecular complexity index is 1890. The van der Waals surface area contributed by atoms with Crippen LogP contribution in [-0.2, 0) is 30.1 Å². The highest BCUT2D eigenvalue weighted by Gasteiger charge is 2.54. The zero-order valence-corrected chi connectivity index (χ0v) is 34.2. The van der Waals surface area contributed by atoms with Crippen molar-refractivity contribution >= 4 is 53.3 Å². The summed E-state index contributed by atoms with van der Waals surface area (Å²) in [6, 6.07) is 9.28. The standard InChI is InChI=1S/C41H53F3N8O5S/c1-24-17-31(18-25(2)50(24)23-36(54)48-28-9-5-8-27(19-28)47-33-14-15-35(53)49-37(33)55)57-16-6-7-26-10-12-29(13-11-26)52-39(58)51(38(56)40(52,3)4)30-20-32(41(42,43)44)34(21-45)46-22-30/h5,8-9,19-20,22,24-26,29,31,33,39,47,58H,6-7,10-18,23H2,1-4H3,(H,48,54)(H,49,53,55)/t24-,25+,26?,29?,31?,33?,39?. The van der Waals surface area contributed by atoms with E-state index in [-0.39, 0.29) is 66.5 Å². The van der Waals surface area contributed by atoms with Gasteiger partial charge in [-0.05, 0) is 116 Å². The third-order valence-corrected chi connectivity index (χ3v) is 12.6. The molecule has 17 heteroatoms. The molecule has 13 nitrogen and oxygen atoms in total. The van der Waals surface area contributed by atoms with Crippen LogP contribution in [0.3, 0.4) is 0 Å². The molecule has 314 valence electrons. The smallest absolute Gasteiger partial charge is 0.378 e. The van der Waals surface area contributed by atoms with Crippen molar-refractivity contribution in [3.63, 3.8) is 0 Å². The molecule has 3 unspecified atom stereocenters. The van der Waals surface area contributed by atoms with Gasteiger partial charge in [-0.2, -0.15) is 18.4 Å². The molecule has 3 N–H and O–H groups in total. The summed E-state index contributed by atoms with van der Waals surface area (Å²) < 4.78 is 47.5. The van der Waals surface area contributed by atoms with Gasteiger partial charge in [-0.1, -0.05) is 6.07 Å². The Labute approximate surface area is 342 Å². The first-order valence-corrected chi connectivity index (χ1v) is 20.6. The van der Waals surface area contributed by atoms with Gasteiger partial charge < -0.3 is 15.4 Å². The topological polar surface area (TPSA) is 160 Å². The molecule has 3 saturated heterocycles. The van der Waals surface area contributed by atoms with Crippen LogP contribution in [0, 0.1) is 17.2 Å². The molecule has 0 radical (unpaired) electrons. The van der Waals surface area contributed by atoms with E-state index in [0.717, 1.165) is 63.6 Å². The lowest BCUT2D eigenvalue weighted by Crippen LogP contribution is -2.51. The third kappa shape index (κ3) is 9.78. The van der Waals surface area contributed by atoms with Crippen molar-refractivity contribution in [1.29, 1.82) is 5.26 Å². The van der Waals surface area contributed by atoms with E-state index in [4.69, 9.17) is 22.6 Å². The Kier molecular flexibility index (Phi) is 13.4. The first kappa shape index (κ1) is 43.3. The Hall–Kier alpha value is -4.24. The number of nitrogens with one attached hydrogen (secondary N) is 3. The van der Waals surface area contributed by atoms with Gasteiger partial charge in [0.15, 0.2) is 5.69 Å². The van der Waals surface area contributed by atoms with Gasteiger partial charge in [-0.15, -0.1) is 12.6 Å². The van der Waals surface area contributed by atoms with Crippen LogP contribution in [0.2, 0.25) is 0 Å². The number of anilines is 3. The number of rotatable bonds is 12. The molecule has 1 aliphatic carbocycles. The summed E-state index contributed by atoms with van der Waals surface area (Å²) in [7, 11) is 0. The van der Waals surface area contributed by atoms with Crippen LogP contribution in [0.15, 0.2) is 36.5 Å². The van der Waals surface area contributed by atoms with E-state index in [1.165, 1.54) is 11.0 Å². The van der Waals surface area contributed by atoms with Crippen molar-refractivity contribution in [2.75, 3.05) is 28.7 Å². The molecular formula is C41H53F3N8O5S. The number of aromatic nitrogens is 1. The number of nitriles is 1. The number of imide groups is 1. The van der Waals surface area contributed by atoms with Crippen LogP contribution in [0.4, 0.5) is 30.2 Å². The van der Waals surface area contributed by atoms with Crippen molar-refractivity contribution in [1.82, 2.24) is 20.1 Å². The first-order chi connectivity index (χ1) is 27.5. The number of hydrogen-bond acceptors (Lipinski definition) is 11. The minimum Gasteiger partial charge on any atom is -0.378 e.